The standard InChI is InChI=1S/C20H24BrN3O/c1-13-6-5-9-24(12-13)19-11-18(17(22)10-14(19)2)23-20(25)15-7-3-4-8-16(15)21/h3-4,7-8,10-11,13H,5-6,9,12,22H2,1-2H3,(H,23,25)/t13-/m0/s1. The summed E-state index contributed by atoms with van der Waals surface area (Å²) in [6.45, 7) is 6.45. The molecule has 0 bridgehead atoms. The molecule has 0 saturated carbocycles. The monoisotopic (exact) mass is 401 g/mol. The van der Waals surface area contributed by atoms with Gasteiger partial charge in [-0.2, -0.15) is 0 Å². The Morgan fingerprint density at radius 3 is 2.80 bits per heavy atom. The van der Waals surface area contributed by atoms with Gasteiger partial charge in [0.15, 0.2) is 0 Å². The molecule has 1 fully saturated rings. The Labute approximate surface area is 157 Å². The fourth-order valence-corrected chi connectivity index (χ4v) is 3.88. The molecule has 4 nitrogen and oxygen atoms in total. The third kappa shape index (κ3) is 3.98. The first kappa shape index (κ1) is 17.8. The summed E-state index contributed by atoms with van der Waals surface area (Å²) in [4.78, 5) is 15.0. The Bertz CT molecular complexity index is 791. The molecular weight excluding hydrogens is 378 g/mol. The zero-order valence-corrected chi connectivity index (χ0v) is 16.3. The maximum absolute atomic E-state index is 12.6. The fraction of sp³-hybridized carbons (Fsp3) is 0.350. The highest BCUT2D eigenvalue weighted by Crippen LogP contribution is 2.33. The summed E-state index contributed by atoms with van der Waals surface area (Å²) in [6, 6.07) is 11.3. The van der Waals surface area contributed by atoms with Crippen molar-refractivity contribution in [1.29, 1.82) is 0 Å². The van der Waals surface area contributed by atoms with Crippen molar-refractivity contribution in [1.82, 2.24) is 0 Å². The van der Waals surface area contributed by atoms with Crippen LogP contribution in [-0.4, -0.2) is 19.0 Å². The minimum Gasteiger partial charge on any atom is -0.397 e. The first-order valence-corrected chi connectivity index (χ1v) is 9.46. The Hall–Kier alpha value is -2.01. The Balaban J connectivity index is 1.88. The quantitative estimate of drug-likeness (QED) is 0.724. The molecule has 0 radical (unpaired) electrons. The number of halogens is 1. The van der Waals surface area contributed by atoms with Crippen LogP contribution in [0.5, 0.6) is 0 Å². The summed E-state index contributed by atoms with van der Waals surface area (Å²) in [5.74, 6) is 0.519. The lowest BCUT2D eigenvalue weighted by Gasteiger charge is -2.34. The van der Waals surface area contributed by atoms with Gasteiger partial charge >= 0.3 is 0 Å². The van der Waals surface area contributed by atoms with E-state index in [1.165, 1.54) is 12.8 Å². The van der Waals surface area contributed by atoms with Crippen LogP contribution in [0.25, 0.3) is 0 Å². The van der Waals surface area contributed by atoms with Gasteiger partial charge in [0.05, 0.1) is 16.9 Å². The summed E-state index contributed by atoms with van der Waals surface area (Å²) in [5.41, 5.74) is 10.3. The van der Waals surface area contributed by atoms with E-state index in [9.17, 15) is 4.79 Å². The topological polar surface area (TPSA) is 58.4 Å². The number of hydrogen-bond donors (Lipinski definition) is 2. The molecule has 25 heavy (non-hydrogen) atoms. The summed E-state index contributed by atoms with van der Waals surface area (Å²) in [6.07, 6.45) is 2.47. The Kier molecular flexibility index (Phi) is 5.33. The number of nitrogens with one attached hydrogen (secondary N) is 1. The van der Waals surface area contributed by atoms with E-state index in [-0.39, 0.29) is 5.91 Å². The maximum Gasteiger partial charge on any atom is 0.256 e. The minimum atomic E-state index is -0.166. The van der Waals surface area contributed by atoms with E-state index in [1.807, 2.05) is 30.3 Å². The van der Waals surface area contributed by atoms with E-state index in [2.05, 4.69) is 40.0 Å². The number of carbonyl (C=O) groups excluding carboxylic acids is 1. The van der Waals surface area contributed by atoms with Crippen LogP contribution >= 0.6 is 15.9 Å². The van der Waals surface area contributed by atoms with Crippen LogP contribution in [0.3, 0.4) is 0 Å². The number of nitrogen functional groups attached to an aromatic ring is 1. The van der Waals surface area contributed by atoms with E-state index in [1.54, 1.807) is 6.07 Å². The van der Waals surface area contributed by atoms with Gasteiger partial charge in [0, 0.05) is 23.2 Å². The molecule has 1 aliphatic rings. The van der Waals surface area contributed by atoms with E-state index in [0.717, 1.165) is 28.8 Å². The SMILES string of the molecule is Cc1cc(N)c(NC(=O)c2ccccc2Br)cc1N1CCC[C@H](C)C1. The maximum atomic E-state index is 12.6. The third-order valence-corrected chi connectivity index (χ3v) is 5.42. The number of anilines is 3. The van der Waals surface area contributed by atoms with Gasteiger partial charge in [-0.1, -0.05) is 19.1 Å². The number of amides is 1. The largest absolute Gasteiger partial charge is 0.397 e. The molecule has 1 amide bonds. The second-order valence-corrected chi connectivity index (χ2v) is 7.71. The highest BCUT2D eigenvalue weighted by atomic mass is 79.9. The second-order valence-electron chi connectivity index (χ2n) is 6.85. The van der Waals surface area contributed by atoms with Crippen molar-refractivity contribution < 1.29 is 4.79 Å². The third-order valence-electron chi connectivity index (χ3n) is 4.73. The number of hydrogen-bond acceptors (Lipinski definition) is 3. The van der Waals surface area contributed by atoms with Gasteiger partial charge < -0.3 is 16.0 Å². The molecule has 2 aromatic carbocycles. The van der Waals surface area contributed by atoms with Crippen LogP contribution in [0, 0.1) is 12.8 Å². The first-order chi connectivity index (χ1) is 12.0. The smallest absolute Gasteiger partial charge is 0.256 e. The number of nitrogens with zero attached hydrogens (tertiary/aromatic N) is 1. The lowest BCUT2D eigenvalue weighted by Crippen LogP contribution is -2.34. The van der Waals surface area contributed by atoms with Gasteiger partial charge in [-0.05, 0) is 71.4 Å². The van der Waals surface area contributed by atoms with Crippen LogP contribution in [0.1, 0.15) is 35.7 Å². The highest BCUT2D eigenvalue weighted by molar-refractivity contribution is 9.10. The lowest BCUT2D eigenvalue weighted by molar-refractivity contribution is 0.102. The summed E-state index contributed by atoms with van der Waals surface area (Å²) in [7, 11) is 0. The molecule has 5 heteroatoms. The predicted octanol–water partition coefficient (Wildman–Crippen LogP) is 4.83. The van der Waals surface area contributed by atoms with Crippen molar-refractivity contribution in [2.24, 2.45) is 5.92 Å². The average Bonchev–Trinajstić information content (AvgIpc) is 2.57. The van der Waals surface area contributed by atoms with E-state index in [4.69, 9.17) is 5.73 Å². The molecule has 0 aliphatic carbocycles. The normalized spacial score (nSPS) is 17.4. The van der Waals surface area contributed by atoms with Gasteiger partial charge in [-0.3, -0.25) is 4.79 Å². The number of nitrogens with two attached hydrogens (primary N) is 1. The van der Waals surface area contributed by atoms with Crippen molar-refractivity contribution >= 4 is 38.9 Å². The average molecular weight is 402 g/mol. The molecule has 2 aromatic rings. The number of benzene rings is 2. The van der Waals surface area contributed by atoms with Crippen LogP contribution in [0.4, 0.5) is 17.1 Å². The molecule has 3 N–H and O–H groups in total. The van der Waals surface area contributed by atoms with Crippen LogP contribution < -0.4 is 16.0 Å². The van der Waals surface area contributed by atoms with E-state index < -0.39 is 0 Å². The van der Waals surface area contributed by atoms with Gasteiger partial charge in [0.2, 0.25) is 0 Å². The van der Waals surface area contributed by atoms with E-state index >= 15 is 0 Å². The van der Waals surface area contributed by atoms with Gasteiger partial charge in [0.1, 0.15) is 0 Å². The molecular formula is C20H24BrN3O. The van der Waals surface area contributed by atoms with E-state index in [0.29, 0.717) is 22.9 Å². The zero-order valence-electron chi connectivity index (χ0n) is 14.7. The Morgan fingerprint density at radius 1 is 1.32 bits per heavy atom. The van der Waals surface area contributed by atoms with Gasteiger partial charge in [0.25, 0.3) is 5.91 Å². The zero-order chi connectivity index (χ0) is 18.0. The molecule has 132 valence electrons. The van der Waals surface area contributed by atoms with Gasteiger partial charge in [-0.15, -0.1) is 0 Å². The fourth-order valence-electron chi connectivity index (χ4n) is 3.41. The molecule has 0 spiro atoms. The second kappa shape index (κ2) is 7.48. The highest BCUT2D eigenvalue weighted by Gasteiger charge is 2.20. The number of piperidine rings is 1. The molecule has 3 rings (SSSR count). The molecule has 1 saturated heterocycles. The molecule has 1 heterocycles. The first-order valence-electron chi connectivity index (χ1n) is 8.66. The minimum absolute atomic E-state index is 0.166. The number of rotatable bonds is 3. The van der Waals surface area contributed by atoms with Crippen molar-refractivity contribution in [3.8, 4) is 0 Å². The molecule has 0 aromatic heterocycles. The van der Waals surface area contributed by atoms with Crippen LogP contribution in [0.15, 0.2) is 40.9 Å². The van der Waals surface area contributed by atoms with Crippen molar-refractivity contribution in [2.75, 3.05) is 29.0 Å². The summed E-state index contributed by atoms with van der Waals surface area (Å²) < 4.78 is 0.767. The molecule has 1 atom stereocenters. The number of carbonyl (C=O) groups is 1. The Morgan fingerprint density at radius 2 is 2.08 bits per heavy atom. The molecule has 1 aliphatic heterocycles. The molecule has 0 unspecified atom stereocenters. The number of aryl methyl sites for hydroxylation is 1. The summed E-state index contributed by atoms with van der Waals surface area (Å²) >= 11 is 3.42. The summed E-state index contributed by atoms with van der Waals surface area (Å²) in [5, 5.41) is 2.96. The lowest BCUT2D eigenvalue weighted by atomic mass is 9.98. The van der Waals surface area contributed by atoms with Gasteiger partial charge in [-0.25, -0.2) is 0 Å². The predicted molar refractivity (Wildman–Crippen MR) is 108 cm³/mol. The van der Waals surface area contributed by atoms with Crippen LogP contribution in [0.2, 0.25) is 0 Å². The van der Waals surface area contributed by atoms with Crippen molar-refractivity contribution in [3.63, 3.8) is 0 Å². The van der Waals surface area contributed by atoms with Crippen molar-refractivity contribution in [3.05, 3.63) is 52.0 Å². The van der Waals surface area contributed by atoms with Crippen molar-refractivity contribution in [2.45, 2.75) is 26.7 Å². The van der Waals surface area contributed by atoms with Crippen LogP contribution in [-0.2, 0) is 0 Å².